The summed E-state index contributed by atoms with van der Waals surface area (Å²) in [5.74, 6) is -2.44. The normalized spacial score (nSPS) is 11.6. The number of aromatic nitrogens is 1. The zero-order valence-corrected chi connectivity index (χ0v) is 11.4. The lowest BCUT2D eigenvalue weighted by molar-refractivity contribution is -0.276. The predicted molar refractivity (Wildman–Crippen MR) is 59.8 cm³/mol. The molecular weight excluding hydrogens is 357 g/mol. The number of halogens is 6. The molecule has 10 heteroatoms. The minimum absolute atomic E-state index is 0.0401. The van der Waals surface area contributed by atoms with Gasteiger partial charge in [-0.25, -0.2) is 18.6 Å². The molecule has 1 heterocycles. The molecule has 0 amide bonds. The van der Waals surface area contributed by atoms with Gasteiger partial charge in [-0.1, -0.05) is 15.9 Å². The average Bonchev–Trinajstić information content (AvgIpc) is 2.35. The van der Waals surface area contributed by atoms with Crippen LogP contribution in [0.1, 0.15) is 28.0 Å². The highest BCUT2D eigenvalue weighted by atomic mass is 79.9. The Labute approximate surface area is 118 Å². The Morgan fingerprint density at radius 2 is 2.05 bits per heavy atom. The zero-order chi connectivity index (χ0) is 15.5. The van der Waals surface area contributed by atoms with Gasteiger partial charge in [0.15, 0.2) is 5.69 Å². The quantitative estimate of drug-likeness (QED) is 0.466. The molecule has 0 fully saturated rings. The van der Waals surface area contributed by atoms with E-state index in [-0.39, 0.29) is 10.9 Å². The fourth-order valence-corrected chi connectivity index (χ4v) is 1.71. The molecule has 1 aromatic heterocycles. The monoisotopic (exact) mass is 363 g/mol. The SMILES string of the molecule is COC(=O)c1nc(OC(F)(F)F)c(C(F)F)cc1CBr. The highest BCUT2D eigenvalue weighted by molar-refractivity contribution is 9.08. The van der Waals surface area contributed by atoms with Crippen molar-refractivity contribution in [3.63, 3.8) is 0 Å². The molecule has 0 N–H and O–H groups in total. The van der Waals surface area contributed by atoms with Crippen molar-refractivity contribution in [2.45, 2.75) is 18.1 Å². The van der Waals surface area contributed by atoms with Crippen LogP contribution < -0.4 is 4.74 Å². The summed E-state index contributed by atoms with van der Waals surface area (Å²) in [6, 6.07) is 0.708. The molecule has 0 bridgehead atoms. The zero-order valence-electron chi connectivity index (χ0n) is 9.80. The lowest BCUT2D eigenvalue weighted by Gasteiger charge is -2.14. The first kappa shape index (κ1) is 16.6. The number of esters is 1. The Balaban J connectivity index is 3.42. The molecule has 0 aromatic carbocycles. The van der Waals surface area contributed by atoms with Crippen LogP contribution in [0.4, 0.5) is 22.0 Å². The van der Waals surface area contributed by atoms with Crippen LogP contribution in [0.2, 0.25) is 0 Å². The summed E-state index contributed by atoms with van der Waals surface area (Å²) in [4.78, 5) is 14.6. The Morgan fingerprint density at radius 3 is 2.45 bits per heavy atom. The molecule has 0 unspecified atom stereocenters. The Morgan fingerprint density at radius 1 is 1.45 bits per heavy atom. The van der Waals surface area contributed by atoms with Crippen molar-refractivity contribution in [2.24, 2.45) is 0 Å². The van der Waals surface area contributed by atoms with E-state index in [0.29, 0.717) is 6.07 Å². The largest absolute Gasteiger partial charge is 0.574 e. The predicted octanol–water partition coefficient (Wildman–Crippen LogP) is 3.60. The first-order valence-electron chi connectivity index (χ1n) is 4.91. The maximum atomic E-state index is 12.7. The lowest BCUT2D eigenvalue weighted by Crippen LogP contribution is -2.21. The molecule has 0 atom stereocenters. The van der Waals surface area contributed by atoms with Crippen molar-refractivity contribution in [2.75, 3.05) is 7.11 Å². The van der Waals surface area contributed by atoms with Gasteiger partial charge in [-0.2, -0.15) is 0 Å². The van der Waals surface area contributed by atoms with Gasteiger partial charge in [0.2, 0.25) is 5.88 Å². The molecule has 0 saturated carbocycles. The second-order valence-electron chi connectivity index (χ2n) is 3.36. The number of hydrogen-bond donors (Lipinski definition) is 0. The summed E-state index contributed by atoms with van der Waals surface area (Å²) < 4.78 is 69.6. The first-order valence-corrected chi connectivity index (χ1v) is 6.03. The van der Waals surface area contributed by atoms with Crippen LogP contribution in [0.5, 0.6) is 5.88 Å². The van der Waals surface area contributed by atoms with Gasteiger partial charge < -0.3 is 9.47 Å². The Kier molecular flexibility index (Phi) is 5.26. The maximum Gasteiger partial charge on any atom is 0.574 e. The third-order valence-corrected chi connectivity index (χ3v) is 2.67. The van der Waals surface area contributed by atoms with E-state index in [9.17, 15) is 26.7 Å². The number of ether oxygens (including phenoxy) is 2. The van der Waals surface area contributed by atoms with Crippen molar-refractivity contribution in [3.8, 4) is 5.88 Å². The van der Waals surface area contributed by atoms with Crippen molar-refractivity contribution < 1.29 is 36.2 Å². The van der Waals surface area contributed by atoms with Crippen molar-refractivity contribution in [3.05, 3.63) is 22.9 Å². The van der Waals surface area contributed by atoms with E-state index in [1.54, 1.807) is 0 Å². The second-order valence-corrected chi connectivity index (χ2v) is 3.92. The van der Waals surface area contributed by atoms with Crippen LogP contribution >= 0.6 is 15.9 Å². The Bertz CT molecular complexity index is 506. The third-order valence-electron chi connectivity index (χ3n) is 2.06. The summed E-state index contributed by atoms with van der Waals surface area (Å²) in [6.45, 7) is 0. The van der Waals surface area contributed by atoms with Crippen molar-refractivity contribution in [1.82, 2.24) is 4.98 Å². The van der Waals surface area contributed by atoms with E-state index >= 15 is 0 Å². The van der Waals surface area contributed by atoms with Gasteiger partial charge in [-0.15, -0.1) is 13.2 Å². The number of alkyl halides is 6. The molecule has 0 aliphatic carbocycles. The number of hydrogen-bond acceptors (Lipinski definition) is 4. The van der Waals surface area contributed by atoms with E-state index in [4.69, 9.17) is 0 Å². The van der Waals surface area contributed by atoms with Gasteiger partial charge in [0.1, 0.15) is 0 Å². The standard InChI is InChI=1S/C10H7BrF5NO3/c1-19-9(18)6-4(3-11)2-5(7(12)13)8(17-6)20-10(14,15)16/h2,7H,3H2,1H3. The van der Waals surface area contributed by atoms with Crippen molar-refractivity contribution in [1.29, 1.82) is 0 Å². The molecule has 0 saturated heterocycles. The Hall–Kier alpha value is -1.45. The minimum Gasteiger partial charge on any atom is -0.464 e. The molecule has 4 nitrogen and oxygen atoms in total. The highest BCUT2D eigenvalue weighted by Crippen LogP contribution is 2.33. The number of nitrogens with zero attached hydrogens (tertiary/aromatic N) is 1. The number of rotatable bonds is 4. The molecule has 0 radical (unpaired) electrons. The summed E-state index contributed by atoms with van der Waals surface area (Å²) in [7, 11) is 0.980. The molecular formula is C10H7BrF5NO3. The molecule has 0 spiro atoms. The van der Waals surface area contributed by atoms with Gasteiger partial charge in [-0.3, -0.25) is 0 Å². The van der Waals surface area contributed by atoms with E-state index < -0.39 is 35.9 Å². The van der Waals surface area contributed by atoms with Gasteiger partial charge in [-0.05, 0) is 11.6 Å². The third kappa shape index (κ3) is 4.02. The van der Waals surface area contributed by atoms with Crippen molar-refractivity contribution >= 4 is 21.9 Å². The van der Waals surface area contributed by atoms with E-state index in [2.05, 4.69) is 30.4 Å². The van der Waals surface area contributed by atoms with Gasteiger partial charge in [0.05, 0.1) is 12.7 Å². The van der Waals surface area contributed by atoms with Crippen LogP contribution in [0.25, 0.3) is 0 Å². The molecule has 0 aliphatic heterocycles. The lowest BCUT2D eigenvalue weighted by atomic mass is 10.1. The number of carbonyl (C=O) groups excluding carboxylic acids is 1. The average molecular weight is 364 g/mol. The van der Waals surface area contributed by atoms with Gasteiger partial charge >= 0.3 is 12.3 Å². The second kappa shape index (κ2) is 6.33. The number of carbonyl (C=O) groups is 1. The smallest absolute Gasteiger partial charge is 0.464 e. The van der Waals surface area contributed by atoms with E-state index in [0.717, 1.165) is 7.11 Å². The molecule has 20 heavy (non-hydrogen) atoms. The number of pyridine rings is 1. The first-order chi connectivity index (χ1) is 9.19. The molecule has 112 valence electrons. The fourth-order valence-electron chi connectivity index (χ4n) is 1.28. The maximum absolute atomic E-state index is 12.7. The van der Waals surface area contributed by atoms with Gasteiger partial charge in [0.25, 0.3) is 6.43 Å². The summed E-state index contributed by atoms with van der Waals surface area (Å²) >= 11 is 2.92. The topological polar surface area (TPSA) is 48.4 Å². The van der Waals surface area contributed by atoms with E-state index in [1.807, 2.05) is 0 Å². The summed E-state index contributed by atoms with van der Waals surface area (Å²) in [5.41, 5.74) is -1.64. The van der Waals surface area contributed by atoms with Crippen LogP contribution in [-0.2, 0) is 10.1 Å². The summed E-state index contributed by atoms with van der Waals surface area (Å²) in [5, 5.41) is -0.0730. The van der Waals surface area contributed by atoms with Crippen LogP contribution in [0, 0.1) is 0 Å². The van der Waals surface area contributed by atoms with E-state index in [1.165, 1.54) is 0 Å². The highest BCUT2D eigenvalue weighted by Gasteiger charge is 2.35. The fraction of sp³-hybridized carbons (Fsp3) is 0.400. The van der Waals surface area contributed by atoms with Crippen LogP contribution in [0.15, 0.2) is 6.07 Å². The minimum atomic E-state index is -5.21. The molecule has 1 rings (SSSR count). The molecule has 1 aromatic rings. The van der Waals surface area contributed by atoms with Crippen LogP contribution in [-0.4, -0.2) is 24.4 Å². The van der Waals surface area contributed by atoms with Crippen LogP contribution in [0.3, 0.4) is 0 Å². The molecule has 0 aliphatic rings. The van der Waals surface area contributed by atoms with Gasteiger partial charge in [0, 0.05) is 5.33 Å². The summed E-state index contributed by atoms with van der Waals surface area (Å²) in [6.07, 6.45) is -8.45. The number of methoxy groups -OCH3 is 1.